The van der Waals surface area contributed by atoms with Crippen molar-refractivity contribution in [3.05, 3.63) is 23.6 Å². The molecule has 2 N–H and O–H groups in total. The van der Waals surface area contributed by atoms with E-state index >= 15 is 0 Å². The second kappa shape index (κ2) is 3.70. The van der Waals surface area contributed by atoms with Crippen molar-refractivity contribution in [2.24, 2.45) is 5.92 Å². The zero-order valence-electron chi connectivity index (χ0n) is 6.98. The van der Waals surface area contributed by atoms with Gasteiger partial charge in [0.1, 0.15) is 0 Å². The van der Waals surface area contributed by atoms with Crippen LogP contribution in [-0.2, 0) is 0 Å². The van der Waals surface area contributed by atoms with Crippen LogP contribution in [-0.4, -0.2) is 29.1 Å². The van der Waals surface area contributed by atoms with Crippen LogP contribution in [0.25, 0.3) is 0 Å². The maximum absolute atomic E-state index is 13.5. The first kappa shape index (κ1) is 11.2. The molecule has 2 unspecified atom stereocenters. The van der Waals surface area contributed by atoms with Crippen molar-refractivity contribution in [1.29, 1.82) is 0 Å². The molecule has 0 aliphatic heterocycles. The quantitative estimate of drug-likeness (QED) is 0.677. The van der Waals surface area contributed by atoms with Gasteiger partial charge in [-0.05, 0) is 6.08 Å². The van der Waals surface area contributed by atoms with Gasteiger partial charge in [-0.3, -0.25) is 0 Å². The SMILES string of the molecule is OCC1C=C(F)C(F)=C(F)C1(F)CO. The second-order valence-corrected chi connectivity index (χ2v) is 2.95. The molecular weight excluding hydrogens is 204 g/mol. The molecule has 0 fully saturated rings. The number of hydrogen-bond acceptors (Lipinski definition) is 2. The summed E-state index contributed by atoms with van der Waals surface area (Å²) < 4.78 is 51.5. The molecule has 0 heterocycles. The van der Waals surface area contributed by atoms with Gasteiger partial charge in [0.2, 0.25) is 0 Å². The molecule has 0 saturated carbocycles. The number of alkyl halides is 1. The first-order chi connectivity index (χ1) is 6.47. The molecule has 0 aromatic carbocycles. The van der Waals surface area contributed by atoms with E-state index in [1.54, 1.807) is 0 Å². The zero-order chi connectivity index (χ0) is 10.9. The molecule has 1 aliphatic rings. The largest absolute Gasteiger partial charge is 0.396 e. The Morgan fingerprint density at radius 1 is 1.29 bits per heavy atom. The van der Waals surface area contributed by atoms with E-state index in [-0.39, 0.29) is 0 Å². The Hall–Kier alpha value is -0.880. The van der Waals surface area contributed by atoms with Crippen LogP contribution in [0.5, 0.6) is 0 Å². The third kappa shape index (κ3) is 1.44. The fourth-order valence-corrected chi connectivity index (χ4v) is 1.22. The Bertz CT molecular complexity index is 300. The minimum atomic E-state index is -3.07. The highest BCUT2D eigenvalue weighted by Crippen LogP contribution is 2.41. The van der Waals surface area contributed by atoms with Gasteiger partial charge in [-0.2, -0.15) is 0 Å². The fourth-order valence-electron chi connectivity index (χ4n) is 1.22. The van der Waals surface area contributed by atoms with E-state index in [1.807, 2.05) is 0 Å². The molecular formula is C8H8F4O2. The van der Waals surface area contributed by atoms with E-state index in [0.29, 0.717) is 6.08 Å². The van der Waals surface area contributed by atoms with E-state index in [2.05, 4.69) is 0 Å². The lowest BCUT2D eigenvalue weighted by Gasteiger charge is -2.30. The average molecular weight is 212 g/mol. The molecule has 0 radical (unpaired) electrons. The first-order valence-corrected chi connectivity index (χ1v) is 3.81. The first-order valence-electron chi connectivity index (χ1n) is 3.81. The average Bonchev–Trinajstić information content (AvgIpc) is 2.20. The standard InChI is InChI=1S/C8H8F4O2/c9-5-1-4(2-13)8(12,3-14)7(11)6(5)10/h1,4,13-14H,2-3H2. The lowest BCUT2D eigenvalue weighted by atomic mass is 9.85. The van der Waals surface area contributed by atoms with Crippen molar-refractivity contribution in [1.82, 2.24) is 0 Å². The van der Waals surface area contributed by atoms with Crippen molar-refractivity contribution in [3.8, 4) is 0 Å². The summed E-state index contributed by atoms with van der Waals surface area (Å²) in [5.41, 5.74) is -3.07. The van der Waals surface area contributed by atoms with Gasteiger partial charge < -0.3 is 10.2 Å². The number of rotatable bonds is 2. The number of hydrogen-bond donors (Lipinski definition) is 2. The minimum absolute atomic E-state index is 0.411. The van der Waals surface area contributed by atoms with Gasteiger partial charge in [-0.15, -0.1) is 0 Å². The highest BCUT2D eigenvalue weighted by atomic mass is 19.2. The van der Waals surface area contributed by atoms with Gasteiger partial charge in [0.05, 0.1) is 13.2 Å². The van der Waals surface area contributed by atoms with Crippen LogP contribution in [0.3, 0.4) is 0 Å². The molecule has 0 bridgehead atoms. The van der Waals surface area contributed by atoms with Gasteiger partial charge >= 0.3 is 0 Å². The molecule has 0 spiro atoms. The number of aliphatic hydroxyl groups excluding tert-OH is 2. The van der Waals surface area contributed by atoms with Crippen LogP contribution in [0, 0.1) is 5.92 Å². The Labute approximate surface area is 77.2 Å². The van der Waals surface area contributed by atoms with Crippen molar-refractivity contribution in [2.45, 2.75) is 5.67 Å². The van der Waals surface area contributed by atoms with E-state index in [9.17, 15) is 17.6 Å². The monoisotopic (exact) mass is 212 g/mol. The summed E-state index contributed by atoms with van der Waals surface area (Å²) in [6, 6.07) is 0. The van der Waals surface area contributed by atoms with Gasteiger partial charge in [0, 0.05) is 5.92 Å². The normalized spacial score (nSPS) is 33.3. The van der Waals surface area contributed by atoms with Crippen LogP contribution < -0.4 is 0 Å². The van der Waals surface area contributed by atoms with Gasteiger partial charge in [-0.25, -0.2) is 17.6 Å². The van der Waals surface area contributed by atoms with Crippen LogP contribution in [0.4, 0.5) is 17.6 Å². The third-order valence-corrected chi connectivity index (χ3v) is 2.13. The summed E-state index contributed by atoms with van der Waals surface area (Å²) in [5, 5.41) is 17.2. The molecule has 1 aliphatic carbocycles. The molecule has 0 aromatic rings. The molecule has 14 heavy (non-hydrogen) atoms. The molecule has 1 rings (SSSR count). The third-order valence-electron chi connectivity index (χ3n) is 2.13. The van der Waals surface area contributed by atoms with E-state index in [0.717, 1.165) is 0 Å². The molecule has 2 atom stereocenters. The number of allylic oxidation sites excluding steroid dienone is 2. The lowest BCUT2D eigenvalue weighted by Crippen LogP contribution is -2.41. The van der Waals surface area contributed by atoms with Crippen molar-refractivity contribution in [3.63, 3.8) is 0 Å². The zero-order valence-corrected chi connectivity index (χ0v) is 6.98. The summed E-state index contributed by atoms with van der Waals surface area (Å²) in [7, 11) is 0. The molecule has 0 saturated heterocycles. The topological polar surface area (TPSA) is 40.5 Å². The Morgan fingerprint density at radius 3 is 2.29 bits per heavy atom. The maximum Gasteiger partial charge on any atom is 0.196 e. The molecule has 6 heteroatoms. The summed E-state index contributed by atoms with van der Waals surface area (Å²) in [6.07, 6.45) is 0.411. The van der Waals surface area contributed by atoms with E-state index < -0.39 is 42.3 Å². The lowest BCUT2D eigenvalue weighted by molar-refractivity contribution is 0.0166. The maximum atomic E-state index is 13.5. The summed E-state index contributed by atoms with van der Waals surface area (Å²) in [5.74, 6) is -7.17. The van der Waals surface area contributed by atoms with Crippen LogP contribution in [0.15, 0.2) is 23.6 Å². The van der Waals surface area contributed by atoms with Crippen LogP contribution >= 0.6 is 0 Å². The van der Waals surface area contributed by atoms with Gasteiger partial charge in [0.25, 0.3) is 0 Å². The Morgan fingerprint density at radius 2 is 1.86 bits per heavy atom. The van der Waals surface area contributed by atoms with Crippen molar-refractivity contribution >= 4 is 0 Å². The van der Waals surface area contributed by atoms with Crippen molar-refractivity contribution < 1.29 is 27.8 Å². The summed E-state index contributed by atoms with van der Waals surface area (Å²) in [4.78, 5) is 0. The molecule has 2 nitrogen and oxygen atoms in total. The summed E-state index contributed by atoms with van der Waals surface area (Å²) >= 11 is 0. The van der Waals surface area contributed by atoms with Crippen LogP contribution in [0.1, 0.15) is 0 Å². The molecule has 0 aromatic heterocycles. The molecule has 0 amide bonds. The van der Waals surface area contributed by atoms with Crippen molar-refractivity contribution in [2.75, 3.05) is 13.2 Å². The minimum Gasteiger partial charge on any atom is -0.396 e. The van der Waals surface area contributed by atoms with Gasteiger partial charge in [0.15, 0.2) is 23.1 Å². The summed E-state index contributed by atoms with van der Waals surface area (Å²) in [6.45, 7) is -2.29. The highest BCUT2D eigenvalue weighted by Gasteiger charge is 2.48. The number of halogens is 4. The fraction of sp³-hybridized carbons (Fsp3) is 0.500. The van der Waals surface area contributed by atoms with E-state index in [1.165, 1.54) is 0 Å². The second-order valence-electron chi connectivity index (χ2n) is 2.95. The molecule has 80 valence electrons. The van der Waals surface area contributed by atoms with Gasteiger partial charge in [-0.1, -0.05) is 0 Å². The number of aliphatic hydroxyl groups is 2. The highest BCUT2D eigenvalue weighted by molar-refractivity contribution is 5.35. The predicted octanol–water partition coefficient (Wildman–Crippen LogP) is 1.31. The Kier molecular flexibility index (Phi) is 2.96. The smallest absolute Gasteiger partial charge is 0.196 e. The Balaban J connectivity index is 3.19. The predicted molar refractivity (Wildman–Crippen MR) is 39.9 cm³/mol. The van der Waals surface area contributed by atoms with Crippen LogP contribution in [0.2, 0.25) is 0 Å². The van der Waals surface area contributed by atoms with E-state index in [4.69, 9.17) is 10.2 Å².